The van der Waals surface area contributed by atoms with Gasteiger partial charge in [-0.3, -0.25) is 13.9 Å². The smallest absolute Gasteiger partial charge is 0.244 e. The molecule has 1 fully saturated rings. The Morgan fingerprint density at radius 3 is 2.27 bits per heavy atom. The van der Waals surface area contributed by atoms with Crippen molar-refractivity contribution in [2.45, 2.75) is 64.6 Å². The van der Waals surface area contributed by atoms with Gasteiger partial charge in [0.05, 0.1) is 11.9 Å². The molecular weight excluding hydrogens is 558 g/mol. The van der Waals surface area contributed by atoms with Crippen LogP contribution in [0.2, 0.25) is 5.02 Å². The first-order valence-electron chi connectivity index (χ1n) is 13.9. The molecule has 7 nitrogen and oxygen atoms in total. The fraction of sp³-hybridized carbons (Fsp3) is 0.375. The zero-order valence-electron chi connectivity index (χ0n) is 23.8. The van der Waals surface area contributed by atoms with E-state index in [9.17, 15) is 18.0 Å². The van der Waals surface area contributed by atoms with E-state index in [1.54, 1.807) is 25.1 Å². The molecule has 1 N–H and O–H groups in total. The summed E-state index contributed by atoms with van der Waals surface area (Å²) in [6.07, 6.45) is 5.32. The minimum Gasteiger partial charge on any atom is -0.352 e. The summed E-state index contributed by atoms with van der Waals surface area (Å²) in [7, 11) is -3.84. The summed E-state index contributed by atoms with van der Waals surface area (Å²) in [5.41, 5.74) is 3.80. The number of aryl methyl sites for hydroxylation is 2. The topological polar surface area (TPSA) is 86.8 Å². The molecule has 3 aromatic rings. The quantitative estimate of drug-likeness (QED) is 0.321. The van der Waals surface area contributed by atoms with Gasteiger partial charge in [-0.05, 0) is 61.6 Å². The van der Waals surface area contributed by atoms with Crippen LogP contribution in [-0.2, 0) is 32.6 Å². The number of hydrogen-bond donors (Lipinski definition) is 1. The maximum Gasteiger partial charge on any atom is 0.244 e. The Kier molecular flexibility index (Phi) is 10.1. The van der Waals surface area contributed by atoms with Crippen LogP contribution in [0.15, 0.2) is 72.8 Å². The lowest BCUT2D eigenvalue weighted by Crippen LogP contribution is -2.54. The molecule has 0 spiro atoms. The third kappa shape index (κ3) is 8.33. The Balaban J connectivity index is 1.74. The highest BCUT2D eigenvalue weighted by Gasteiger charge is 2.34. The maximum atomic E-state index is 14.2. The zero-order valence-corrected chi connectivity index (χ0v) is 25.4. The van der Waals surface area contributed by atoms with Crippen LogP contribution in [0.1, 0.15) is 47.9 Å². The Bertz CT molecular complexity index is 1470. The van der Waals surface area contributed by atoms with Crippen LogP contribution >= 0.6 is 11.6 Å². The van der Waals surface area contributed by atoms with E-state index < -0.39 is 28.5 Å². The van der Waals surface area contributed by atoms with E-state index in [0.717, 1.165) is 52.9 Å². The van der Waals surface area contributed by atoms with E-state index >= 15 is 0 Å². The number of nitrogens with one attached hydrogen (secondary N) is 1. The molecular formula is C32H38ClN3O4S. The predicted octanol–water partition coefficient (Wildman–Crippen LogP) is 5.42. The molecule has 218 valence electrons. The number of sulfonamides is 1. The van der Waals surface area contributed by atoms with Crippen molar-refractivity contribution in [3.8, 4) is 0 Å². The highest BCUT2D eigenvalue weighted by atomic mass is 35.5. The first kappa shape index (κ1) is 30.6. The summed E-state index contributed by atoms with van der Waals surface area (Å²) in [6.45, 7) is 3.43. The fourth-order valence-corrected chi connectivity index (χ4v) is 6.56. The first-order chi connectivity index (χ1) is 19.5. The fourth-order valence-electron chi connectivity index (χ4n) is 5.42. The maximum absolute atomic E-state index is 14.2. The monoisotopic (exact) mass is 595 g/mol. The molecule has 41 heavy (non-hydrogen) atoms. The second-order valence-electron chi connectivity index (χ2n) is 10.9. The zero-order chi connectivity index (χ0) is 29.6. The molecule has 1 saturated carbocycles. The molecule has 1 aliphatic rings. The molecule has 2 amide bonds. The summed E-state index contributed by atoms with van der Waals surface area (Å²) in [4.78, 5) is 29.7. The summed E-state index contributed by atoms with van der Waals surface area (Å²) in [5, 5.41) is 3.65. The average Bonchev–Trinajstić information content (AvgIpc) is 3.42. The molecule has 9 heteroatoms. The van der Waals surface area contributed by atoms with Crippen LogP contribution in [0, 0.1) is 13.8 Å². The lowest BCUT2D eigenvalue weighted by Gasteiger charge is -2.34. The molecule has 0 aliphatic heterocycles. The van der Waals surface area contributed by atoms with Crippen molar-refractivity contribution in [1.82, 2.24) is 10.2 Å². The van der Waals surface area contributed by atoms with Crippen LogP contribution in [-0.4, -0.2) is 50.0 Å². The summed E-state index contributed by atoms with van der Waals surface area (Å²) in [5.74, 6) is -0.691. The summed E-state index contributed by atoms with van der Waals surface area (Å²) in [6, 6.07) is 21.5. The standard InChI is InChI=1S/C32H38ClN3O4S/c1-23-10-9-13-26(18-23)21-35(31(37)22-36(41(3,39)40)29-17-16-27(33)19-24(29)2)30(20-25-11-5-4-6-12-25)32(38)34-28-14-7-8-15-28/h4-6,9-13,16-19,28,30H,7-8,14-15,20-22H2,1-3H3,(H,34,38). The van der Waals surface area contributed by atoms with E-state index in [4.69, 9.17) is 11.6 Å². The van der Waals surface area contributed by atoms with Gasteiger partial charge >= 0.3 is 0 Å². The SMILES string of the molecule is Cc1cccc(CN(C(=O)CN(c2ccc(Cl)cc2C)S(C)(=O)=O)C(Cc2ccccc2)C(=O)NC2CCCC2)c1. The van der Waals surface area contributed by atoms with Crippen molar-refractivity contribution in [3.63, 3.8) is 0 Å². The van der Waals surface area contributed by atoms with Gasteiger partial charge in [-0.15, -0.1) is 0 Å². The number of carbonyl (C=O) groups excluding carboxylic acids is 2. The number of benzene rings is 3. The number of halogens is 1. The predicted molar refractivity (Wildman–Crippen MR) is 164 cm³/mol. The summed E-state index contributed by atoms with van der Waals surface area (Å²) >= 11 is 6.13. The van der Waals surface area contributed by atoms with Gasteiger partial charge in [0.1, 0.15) is 12.6 Å². The van der Waals surface area contributed by atoms with Crippen molar-refractivity contribution in [2.24, 2.45) is 0 Å². The van der Waals surface area contributed by atoms with Crippen LogP contribution in [0.4, 0.5) is 5.69 Å². The highest BCUT2D eigenvalue weighted by Crippen LogP contribution is 2.27. The largest absolute Gasteiger partial charge is 0.352 e. The van der Waals surface area contributed by atoms with E-state index in [-0.39, 0.29) is 18.5 Å². The molecule has 0 heterocycles. The molecule has 0 radical (unpaired) electrons. The number of hydrogen-bond acceptors (Lipinski definition) is 4. The van der Waals surface area contributed by atoms with Gasteiger partial charge in [-0.25, -0.2) is 8.42 Å². The molecule has 0 bridgehead atoms. The molecule has 1 aliphatic carbocycles. The lowest BCUT2D eigenvalue weighted by atomic mass is 10.0. The number of carbonyl (C=O) groups is 2. The average molecular weight is 596 g/mol. The van der Waals surface area contributed by atoms with Crippen LogP contribution in [0.5, 0.6) is 0 Å². The molecule has 0 aromatic heterocycles. The van der Waals surface area contributed by atoms with Crippen molar-refractivity contribution in [3.05, 3.63) is 100 Å². The van der Waals surface area contributed by atoms with Gasteiger partial charge < -0.3 is 10.2 Å². The minimum absolute atomic E-state index is 0.0703. The third-order valence-corrected chi connectivity index (χ3v) is 8.88. The first-order valence-corrected chi connectivity index (χ1v) is 16.2. The Morgan fingerprint density at radius 1 is 0.951 bits per heavy atom. The Labute approximate surface area is 248 Å². The van der Waals surface area contributed by atoms with E-state index in [1.165, 1.54) is 4.90 Å². The summed E-state index contributed by atoms with van der Waals surface area (Å²) < 4.78 is 27.1. The molecule has 0 saturated heterocycles. The molecule has 4 rings (SSSR count). The number of amides is 2. The van der Waals surface area contributed by atoms with Gasteiger partial charge in [-0.1, -0.05) is 84.6 Å². The number of anilines is 1. The van der Waals surface area contributed by atoms with E-state index in [0.29, 0.717) is 22.7 Å². The minimum atomic E-state index is -3.84. The normalized spacial score (nSPS) is 14.4. The lowest BCUT2D eigenvalue weighted by molar-refractivity contribution is -0.140. The third-order valence-electron chi connectivity index (χ3n) is 7.51. The Morgan fingerprint density at radius 2 is 1.63 bits per heavy atom. The second-order valence-corrected chi connectivity index (χ2v) is 13.2. The van der Waals surface area contributed by atoms with Crippen LogP contribution in [0.25, 0.3) is 0 Å². The number of rotatable bonds is 11. The van der Waals surface area contributed by atoms with Crippen LogP contribution in [0.3, 0.4) is 0 Å². The van der Waals surface area contributed by atoms with Gasteiger partial charge in [-0.2, -0.15) is 0 Å². The number of nitrogens with zero attached hydrogens (tertiary/aromatic N) is 2. The van der Waals surface area contributed by atoms with Gasteiger partial charge in [0.2, 0.25) is 21.8 Å². The van der Waals surface area contributed by atoms with Gasteiger partial charge in [0.15, 0.2) is 0 Å². The van der Waals surface area contributed by atoms with Crippen molar-refractivity contribution < 1.29 is 18.0 Å². The van der Waals surface area contributed by atoms with Gasteiger partial charge in [0.25, 0.3) is 0 Å². The van der Waals surface area contributed by atoms with Crippen molar-refractivity contribution in [1.29, 1.82) is 0 Å². The van der Waals surface area contributed by atoms with Crippen molar-refractivity contribution >= 4 is 39.1 Å². The highest BCUT2D eigenvalue weighted by molar-refractivity contribution is 7.92. The molecule has 1 atom stereocenters. The van der Waals surface area contributed by atoms with E-state index in [2.05, 4.69) is 5.32 Å². The Hall–Kier alpha value is -3.36. The molecule has 3 aromatic carbocycles. The second kappa shape index (κ2) is 13.5. The van der Waals surface area contributed by atoms with Crippen molar-refractivity contribution in [2.75, 3.05) is 17.1 Å². The molecule has 1 unspecified atom stereocenters. The van der Waals surface area contributed by atoms with Gasteiger partial charge in [0, 0.05) is 24.0 Å². The van der Waals surface area contributed by atoms with Crippen LogP contribution < -0.4 is 9.62 Å². The van der Waals surface area contributed by atoms with E-state index in [1.807, 2.05) is 61.5 Å².